The summed E-state index contributed by atoms with van der Waals surface area (Å²) in [5.74, 6) is 1.59. The summed E-state index contributed by atoms with van der Waals surface area (Å²) in [5.41, 5.74) is 3.91. The summed E-state index contributed by atoms with van der Waals surface area (Å²) in [6.45, 7) is 6.05. The summed E-state index contributed by atoms with van der Waals surface area (Å²) < 4.78 is 5.65. The van der Waals surface area contributed by atoms with E-state index < -0.39 is 0 Å². The average Bonchev–Trinajstić information content (AvgIpc) is 2.74. The summed E-state index contributed by atoms with van der Waals surface area (Å²) in [4.78, 5) is 27.3. The van der Waals surface area contributed by atoms with Crippen molar-refractivity contribution in [3.05, 3.63) is 57.3 Å². The van der Waals surface area contributed by atoms with Gasteiger partial charge in [-0.15, -0.1) is 0 Å². The fourth-order valence-corrected chi connectivity index (χ4v) is 3.81. The molecule has 0 saturated heterocycles. The number of rotatable bonds is 6. The molecule has 0 spiro atoms. The summed E-state index contributed by atoms with van der Waals surface area (Å²) in [7, 11) is 0. The predicted octanol–water partition coefficient (Wildman–Crippen LogP) is 3.09. The lowest BCUT2D eigenvalue weighted by Gasteiger charge is -2.28. The maximum Gasteiger partial charge on any atom is 0.255 e. The van der Waals surface area contributed by atoms with Crippen molar-refractivity contribution in [3.63, 3.8) is 0 Å². The van der Waals surface area contributed by atoms with E-state index >= 15 is 0 Å². The van der Waals surface area contributed by atoms with Gasteiger partial charge >= 0.3 is 0 Å². The Morgan fingerprint density at radius 1 is 1.18 bits per heavy atom. The van der Waals surface area contributed by atoms with E-state index in [9.17, 15) is 4.79 Å². The number of fused-ring (bicyclic) bond motifs is 1. The standard InChI is InChI=1S/C22H28N4O2/c1-2-13-28-17-8-6-16(7-9-17)14-26-12-10-19-18(15-26)22(27)25-21(24-19)20-5-3-4-11-23-20/h6-9H,2-5,10-15H2,1H3,(H,24,25,27). The molecule has 0 atom stereocenters. The number of nitrogens with one attached hydrogen (secondary N) is 1. The summed E-state index contributed by atoms with van der Waals surface area (Å²) in [6, 6.07) is 8.25. The van der Waals surface area contributed by atoms with Crippen molar-refractivity contribution in [2.24, 2.45) is 4.99 Å². The number of aromatic nitrogens is 2. The van der Waals surface area contributed by atoms with E-state index in [1.165, 1.54) is 5.56 Å². The molecule has 0 radical (unpaired) electrons. The Morgan fingerprint density at radius 2 is 2.04 bits per heavy atom. The minimum Gasteiger partial charge on any atom is -0.494 e. The monoisotopic (exact) mass is 380 g/mol. The van der Waals surface area contributed by atoms with E-state index in [4.69, 9.17) is 9.72 Å². The Bertz CT molecular complexity index is 902. The molecule has 0 fully saturated rings. The lowest BCUT2D eigenvalue weighted by Crippen LogP contribution is -2.36. The number of benzene rings is 1. The fraction of sp³-hybridized carbons (Fsp3) is 0.500. The van der Waals surface area contributed by atoms with Crippen LogP contribution in [-0.4, -0.2) is 40.3 Å². The van der Waals surface area contributed by atoms with E-state index in [-0.39, 0.29) is 5.56 Å². The molecule has 0 amide bonds. The van der Waals surface area contributed by atoms with Crippen molar-refractivity contribution < 1.29 is 4.74 Å². The number of ether oxygens (including phenoxy) is 1. The van der Waals surface area contributed by atoms with Gasteiger partial charge in [-0.3, -0.25) is 14.7 Å². The van der Waals surface area contributed by atoms with Crippen molar-refractivity contribution in [2.45, 2.75) is 52.1 Å². The zero-order valence-electron chi connectivity index (χ0n) is 16.5. The molecule has 6 nitrogen and oxygen atoms in total. The first-order valence-electron chi connectivity index (χ1n) is 10.3. The van der Waals surface area contributed by atoms with Crippen molar-refractivity contribution in [3.8, 4) is 5.75 Å². The lowest BCUT2D eigenvalue weighted by molar-refractivity contribution is 0.241. The maximum atomic E-state index is 12.7. The van der Waals surface area contributed by atoms with Crippen LogP contribution in [0, 0.1) is 0 Å². The lowest BCUT2D eigenvalue weighted by atomic mass is 10.0. The van der Waals surface area contributed by atoms with E-state index in [1.807, 2.05) is 12.1 Å². The van der Waals surface area contributed by atoms with Crippen LogP contribution in [0.15, 0.2) is 34.1 Å². The van der Waals surface area contributed by atoms with Crippen LogP contribution in [0.4, 0.5) is 0 Å². The number of nitrogens with zero attached hydrogens (tertiary/aromatic N) is 3. The number of hydrogen-bond donors (Lipinski definition) is 1. The molecule has 1 aromatic heterocycles. The van der Waals surface area contributed by atoms with Crippen molar-refractivity contribution >= 4 is 5.71 Å². The van der Waals surface area contributed by atoms with Gasteiger partial charge in [-0.25, -0.2) is 4.98 Å². The van der Waals surface area contributed by atoms with Crippen molar-refractivity contribution in [1.29, 1.82) is 0 Å². The molecule has 2 aromatic rings. The number of aromatic amines is 1. The number of H-pyrrole nitrogens is 1. The average molecular weight is 380 g/mol. The molecule has 148 valence electrons. The van der Waals surface area contributed by atoms with Crippen LogP contribution >= 0.6 is 0 Å². The second kappa shape index (κ2) is 8.69. The molecule has 28 heavy (non-hydrogen) atoms. The van der Waals surface area contributed by atoms with E-state index in [0.717, 1.165) is 81.1 Å². The van der Waals surface area contributed by atoms with Crippen LogP contribution in [0.25, 0.3) is 0 Å². The fourth-order valence-electron chi connectivity index (χ4n) is 3.81. The first-order chi connectivity index (χ1) is 13.7. The van der Waals surface area contributed by atoms with Crippen LogP contribution in [0.3, 0.4) is 0 Å². The van der Waals surface area contributed by atoms with Gasteiger partial charge in [-0.1, -0.05) is 19.1 Å². The predicted molar refractivity (Wildman–Crippen MR) is 110 cm³/mol. The third-order valence-electron chi connectivity index (χ3n) is 5.35. The maximum absolute atomic E-state index is 12.7. The van der Waals surface area contributed by atoms with Crippen molar-refractivity contribution in [2.75, 3.05) is 19.7 Å². The van der Waals surface area contributed by atoms with Gasteiger partial charge in [0.25, 0.3) is 5.56 Å². The van der Waals surface area contributed by atoms with Gasteiger partial charge in [0.2, 0.25) is 0 Å². The highest BCUT2D eigenvalue weighted by atomic mass is 16.5. The zero-order chi connectivity index (χ0) is 19.3. The third kappa shape index (κ3) is 4.33. The molecular formula is C22H28N4O2. The minimum absolute atomic E-state index is 0.0127. The van der Waals surface area contributed by atoms with Gasteiger partial charge in [0, 0.05) is 32.6 Å². The van der Waals surface area contributed by atoms with Crippen LogP contribution in [0.5, 0.6) is 5.75 Å². The zero-order valence-corrected chi connectivity index (χ0v) is 16.5. The molecule has 0 unspecified atom stereocenters. The molecule has 2 aliphatic heterocycles. The summed E-state index contributed by atoms with van der Waals surface area (Å²) in [5, 5.41) is 0. The highest BCUT2D eigenvalue weighted by Gasteiger charge is 2.22. The molecule has 0 aliphatic carbocycles. The number of aliphatic imine (C=N–C) groups is 1. The molecule has 0 bridgehead atoms. The van der Waals surface area contributed by atoms with Crippen LogP contribution < -0.4 is 10.3 Å². The van der Waals surface area contributed by atoms with Crippen LogP contribution in [0.1, 0.15) is 55.3 Å². The normalized spacial score (nSPS) is 17.1. The SMILES string of the molecule is CCCOc1ccc(CN2CCc3nc(C4=NCCCC4)[nH]c(=O)c3C2)cc1. The molecule has 6 heteroatoms. The molecule has 4 rings (SSSR count). The smallest absolute Gasteiger partial charge is 0.255 e. The molecule has 1 aromatic carbocycles. The first-order valence-corrected chi connectivity index (χ1v) is 10.3. The Kier molecular flexibility index (Phi) is 5.86. The molecule has 1 N–H and O–H groups in total. The van der Waals surface area contributed by atoms with E-state index in [0.29, 0.717) is 12.4 Å². The first kappa shape index (κ1) is 18.9. The van der Waals surface area contributed by atoms with E-state index in [1.54, 1.807) is 0 Å². The Hall–Kier alpha value is -2.47. The second-order valence-corrected chi connectivity index (χ2v) is 7.58. The molecule has 0 saturated carbocycles. The number of hydrogen-bond acceptors (Lipinski definition) is 5. The van der Waals surface area contributed by atoms with Crippen LogP contribution in [-0.2, 0) is 19.5 Å². The van der Waals surface area contributed by atoms with Gasteiger partial charge in [-0.2, -0.15) is 0 Å². The molecule has 2 aliphatic rings. The van der Waals surface area contributed by atoms with Gasteiger partial charge in [0.05, 0.1) is 23.6 Å². The minimum atomic E-state index is -0.0127. The Labute approximate surface area is 165 Å². The van der Waals surface area contributed by atoms with Crippen LogP contribution in [0.2, 0.25) is 0 Å². The second-order valence-electron chi connectivity index (χ2n) is 7.58. The largest absolute Gasteiger partial charge is 0.494 e. The highest BCUT2D eigenvalue weighted by Crippen LogP contribution is 2.19. The summed E-state index contributed by atoms with van der Waals surface area (Å²) in [6.07, 6.45) is 4.96. The summed E-state index contributed by atoms with van der Waals surface area (Å²) >= 11 is 0. The third-order valence-corrected chi connectivity index (χ3v) is 5.35. The molecular weight excluding hydrogens is 352 g/mol. The van der Waals surface area contributed by atoms with Gasteiger partial charge < -0.3 is 9.72 Å². The molecule has 3 heterocycles. The van der Waals surface area contributed by atoms with Gasteiger partial charge in [0.1, 0.15) is 5.75 Å². The topological polar surface area (TPSA) is 70.6 Å². The highest BCUT2D eigenvalue weighted by molar-refractivity contribution is 5.97. The van der Waals surface area contributed by atoms with Gasteiger partial charge in [0.15, 0.2) is 5.82 Å². The quantitative estimate of drug-likeness (QED) is 0.836. The Balaban J connectivity index is 1.44. The van der Waals surface area contributed by atoms with Crippen molar-refractivity contribution in [1.82, 2.24) is 14.9 Å². The van der Waals surface area contributed by atoms with Gasteiger partial charge in [-0.05, 0) is 43.4 Å². The van der Waals surface area contributed by atoms with E-state index in [2.05, 4.69) is 33.9 Å². The Morgan fingerprint density at radius 3 is 2.79 bits per heavy atom.